The van der Waals surface area contributed by atoms with E-state index in [9.17, 15) is 13.2 Å². The van der Waals surface area contributed by atoms with Gasteiger partial charge in [-0.1, -0.05) is 24.0 Å². The molecule has 1 aromatic rings. The normalized spacial score (nSPS) is 10.6. The van der Waals surface area contributed by atoms with Crippen molar-refractivity contribution in [1.82, 2.24) is 9.62 Å². The number of nitrogens with two attached hydrogens (primary N) is 1. The summed E-state index contributed by atoms with van der Waals surface area (Å²) < 4.78 is 26.9. The molecule has 1 rings (SSSR count). The molecule has 1 amide bonds. The van der Waals surface area contributed by atoms with Gasteiger partial charge >= 0.3 is 0 Å². The fourth-order valence-corrected chi connectivity index (χ4v) is 2.74. The predicted molar refractivity (Wildman–Crippen MR) is 80.9 cm³/mol. The summed E-state index contributed by atoms with van der Waals surface area (Å²) in [5, 5.41) is 0. The van der Waals surface area contributed by atoms with Gasteiger partial charge in [0, 0.05) is 32.6 Å². The summed E-state index contributed by atoms with van der Waals surface area (Å²) in [6.07, 6.45) is 0.100. The van der Waals surface area contributed by atoms with E-state index in [0.29, 0.717) is 5.56 Å². The van der Waals surface area contributed by atoms with Crippen LogP contribution in [0, 0.1) is 11.8 Å². The molecule has 0 aliphatic rings. The first-order valence-corrected chi connectivity index (χ1v) is 7.84. The summed E-state index contributed by atoms with van der Waals surface area (Å²) in [4.78, 5) is 12.9. The molecule has 0 saturated heterocycles. The lowest BCUT2D eigenvalue weighted by Gasteiger charge is -2.11. The van der Waals surface area contributed by atoms with Crippen LogP contribution in [0.4, 0.5) is 0 Å². The van der Waals surface area contributed by atoms with E-state index in [2.05, 4.69) is 16.6 Å². The predicted octanol–water partition coefficient (Wildman–Crippen LogP) is -0.247. The van der Waals surface area contributed by atoms with Gasteiger partial charge in [0.05, 0.1) is 11.4 Å². The number of amides is 1. The van der Waals surface area contributed by atoms with Crippen molar-refractivity contribution >= 4 is 15.9 Å². The molecule has 0 spiro atoms. The van der Waals surface area contributed by atoms with Crippen LogP contribution in [0.25, 0.3) is 0 Å². The molecule has 0 radical (unpaired) electrons. The lowest BCUT2D eigenvalue weighted by molar-refractivity contribution is -0.128. The van der Waals surface area contributed by atoms with Gasteiger partial charge in [-0.25, -0.2) is 13.1 Å². The third-order valence-electron chi connectivity index (χ3n) is 2.63. The van der Waals surface area contributed by atoms with E-state index in [1.54, 1.807) is 32.3 Å². The first-order valence-electron chi connectivity index (χ1n) is 6.36. The molecule has 0 atom stereocenters. The molecule has 0 aliphatic heterocycles. The number of hydrogen-bond acceptors (Lipinski definition) is 4. The Hall–Kier alpha value is -1.88. The average Bonchev–Trinajstić information content (AvgIpc) is 2.45. The molecule has 3 N–H and O–H groups in total. The molecule has 0 fully saturated rings. The Morgan fingerprint density at radius 2 is 2.00 bits per heavy atom. The Labute approximate surface area is 125 Å². The smallest absolute Gasteiger partial charge is 0.241 e. The second-order valence-corrected chi connectivity index (χ2v) is 6.17. The molecule has 1 aromatic carbocycles. The first-order chi connectivity index (χ1) is 9.88. The van der Waals surface area contributed by atoms with Crippen molar-refractivity contribution in [1.29, 1.82) is 0 Å². The van der Waals surface area contributed by atoms with Crippen LogP contribution >= 0.6 is 0 Å². The topological polar surface area (TPSA) is 92.5 Å². The average molecular weight is 309 g/mol. The van der Waals surface area contributed by atoms with Crippen LogP contribution in [0.5, 0.6) is 0 Å². The maximum absolute atomic E-state index is 12.2. The van der Waals surface area contributed by atoms with Crippen LogP contribution in [-0.2, 0) is 14.8 Å². The molecule has 7 heteroatoms. The van der Waals surface area contributed by atoms with Crippen molar-refractivity contribution in [3.8, 4) is 11.8 Å². The van der Waals surface area contributed by atoms with Crippen LogP contribution in [0.3, 0.4) is 0 Å². The number of carbonyl (C=O) groups excluding carboxylic acids is 1. The summed E-state index contributed by atoms with van der Waals surface area (Å²) in [5.41, 5.74) is 5.68. The Balaban J connectivity index is 2.86. The summed E-state index contributed by atoms with van der Waals surface area (Å²) in [6.45, 7) is 0.192. The molecule has 21 heavy (non-hydrogen) atoms. The number of rotatable bonds is 5. The van der Waals surface area contributed by atoms with Crippen LogP contribution < -0.4 is 10.5 Å². The van der Waals surface area contributed by atoms with Gasteiger partial charge in [0.25, 0.3) is 0 Å². The molecule has 0 unspecified atom stereocenters. The maximum Gasteiger partial charge on any atom is 0.241 e. The number of sulfonamides is 1. The van der Waals surface area contributed by atoms with E-state index >= 15 is 0 Å². The second-order valence-electron chi connectivity index (χ2n) is 4.44. The molecule has 6 nitrogen and oxygen atoms in total. The zero-order chi connectivity index (χ0) is 15.9. The standard InChI is InChI=1S/C14H19N3O3S/c1-17(2)14(18)9-11-16-21(19,20)13-8-4-3-6-12(13)7-5-10-15/h3-4,6,8,16H,9-11,15H2,1-2H3. The van der Waals surface area contributed by atoms with Crippen LogP contribution in [0.2, 0.25) is 0 Å². The fourth-order valence-electron chi connectivity index (χ4n) is 1.54. The van der Waals surface area contributed by atoms with Crippen molar-refractivity contribution in [3.63, 3.8) is 0 Å². The minimum atomic E-state index is -3.71. The first kappa shape index (κ1) is 17.2. The van der Waals surface area contributed by atoms with Crippen molar-refractivity contribution < 1.29 is 13.2 Å². The highest BCUT2D eigenvalue weighted by molar-refractivity contribution is 7.89. The minimum absolute atomic E-state index is 0.0397. The monoisotopic (exact) mass is 309 g/mol. The zero-order valence-electron chi connectivity index (χ0n) is 12.1. The van der Waals surface area contributed by atoms with Gasteiger partial charge in [-0.3, -0.25) is 4.79 Å². The largest absolute Gasteiger partial charge is 0.349 e. The second kappa shape index (κ2) is 7.78. The van der Waals surface area contributed by atoms with Crippen LogP contribution in [0.1, 0.15) is 12.0 Å². The molecule has 0 aliphatic carbocycles. The van der Waals surface area contributed by atoms with Crippen molar-refractivity contribution in [3.05, 3.63) is 29.8 Å². The molecule has 0 heterocycles. The van der Waals surface area contributed by atoms with E-state index in [-0.39, 0.29) is 30.3 Å². The third kappa shape index (κ3) is 5.19. The van der Waals surface area contributed by atoms with Crippen molar-refractivity contribution in [2.75, 3.05) is 27.2 Å². The molecule has 0 aromatic heterocycles. The lowest BCUT2D eigenvalue weighted by Crippen LogP contribution is -2.30. The van der Waals surface area contributed by atoms with E-state index in [0.717, 1.165) is 0 Å². The highest BCUT2D eigenvalue weighted by Gasteiger charge is 2.17. The zero-order valence-corrected chi connectivity index (χ0v) is 12.9. The number of nitrogens with one attached hydrogen (secondary N) is 1. The Morgan fingerprint density at radius 3 is 2.62 bits per heavy atom. The SMILES string of the molecule is CN(C)C(=O)CCNS(=O)(=O)c1ccccc1C#CCN. The quantitative estimate of drug-likeness (QED) is 0.734. The minimum Gasteiger partial charge on any atom is -0.349 e. The lowest BCUT2D eigenvalue weighted by atomic mass is 10.2. The van der Waals surface area contributed by atoms with Crippen molar-refractivity contribution in [2.45, 2.75) is 11.3 Å². The summed E-state index contributed by atoms with van der Waals surface area (Å²) in [7, 11) is -0.468. The van der Waals surface area contributed by atoms with Gasteiger partial charge in [0.2, 0.25) is 15.9 Å². The summed E-state index contributed by atoms with van der Waals surface area (Å²) in [6, 6.07) is 6.40. The Kier molecular flexibility index (Phi) is 6.37. The van der Waals surface area contributed by atoms with Gasteiger partial charge in [-0.15, -0.1) is 0 Å². The Bertz CT molecular complexity index is 658. The number of benzene rings is 1. The van der Waals surface area contributed by atoms with Gasteiger partial charge in [0.1, 0.15) is 0 Å². The fraction of sp³-hybridized carbons (Fsp3) is 0.357. The van der Waals surface area contributed by atoms with Crippen LogP contribution in [0.15, 0.2) is 29.2 Å². The number of hydrogen-bond donors (Lipinski definition) is 2. The molecule has 114 valence electrons. The van der Waals surface area contributed by atoms with Gasteiger partial charge in [-0.2, -0.15) is 0 Å². The third-order valence-corrected chi connectivity index (χ3v) is 4.15. The maximum atomic E-state index is 12.2. The molecule has 0 saturated carbocycles. The molecule has 0 bridgehead atoms. The molecular weight excluding hydrogens is 290 g/mol. The number of nitrogens with zero attached hydrogens (tertiary/aromatic N) is 1. The van der Waals surface area contributed by atoms with Gasteiger partial charge < -0.3 is 10.6 Å². The summed E-state index contributed by atoms with van der Waals surface area (Å²) >= 11 is 0. The summed E-state index contributed by atoms with van der Waals surface area (Å²) in [5.74, 6) is 5.21. The highest BCUT2D eigenvalue weighted by atomic mass is 32.2. The van der Waals surface area contributed by atoms with E-state index in [4.69, 9.17) is 5.73 Å². The van der Waals surface area contributed by atoms with Gasteiger partial charge in [0.15, 0.2) is 0 Å². The molecular formula is C14H19N3O3S. The Morgan fingerprint density at radius 1 is 1.33 bits per heavy atom. The van der Waals surface area contributed by atoms with Crippen LogP contribution in [-0.4, -0.2) is 46.4 Å². The number of carbonyl (C=O) groups is 1. The van der Waals surface area contributed by atoms with E-state index in [1.165, 1.54) is 11.0 Å². The van der Waals surface area contributed by atoms with E-state index < -0.39 is 10.0 Å². The highest BCUT2D eigenvalue weighted by Crippen LogP contribution is 2.14. The van der Waals surface area contributed by atoms with Crippen molar-refractivity contribution in [2.24, 2.45) is 5.73 Å². The van der Waals surface area contributed by atoms with Gasteiger partial charge in [-0.05, 0) is 12.1 Å². The van der Waals surface area contributed by atoms with E-state index in [1.807, 2.05) is 0 Å².